The lowest BCUT2D eigenvalue weighted by Crippen LogP contribution is -2.40. The number of nitrogens with zero attached hydrogens (tertiary/aromatic N) is 2. The van der Waals surface area contributed by atoms with Gasteiger partial charge < -0.3 is 15.0 Å². The number of nitrogens with one attached hydrogen (secondary N) is 1. The first-order valence-corrected chi connectivity index (χ1v) is 8.60. The minimum Gasteiger partial charge on any atom is -0.444 e. The van der Waals surface area contributed by atoms with Crippen LogP contribution in [-0.2, 0) is 4.74 Å². The zero-order chi connectivity index (χ0) is 16.6. The molecule has 1 saturated carbocycles. The van der Waals surface area contributed by atoms with E-state index in [9.17, 15) is 4.79 Å². The second-order valence-electron chi connectivity index (χ2n) is 7.43. The van der Waals surface area contributed by atoms with Crippen molar-refractivity contribution in [3.8, 4) is 0 Å². The van der Waals surface area contributed by atoms with Crippen LogP contribution < -0.4 is 10.2 Å². The van der Waals surface area contributed by atoms with Gasteiger partial charge in [-0.25, -0.2) is 9.78 Å². The monoisotopic (exact) mass is 337 g/mol. The normalized spacial score (nSPS) is 21.4. The fourth-order valence-corrected chi connectivity index (χ4v) is 3.09. The maximum Gasteiger partial charge on any atom is 0.407 e. The molecule has 0 aromatic carbocycles. The highest BCUT2D eigenvalue weighted by Gasteiger charge is 2.29. The van der Waals surface area contributed by atoms with Crippen molar-refractivity contribution in [1.82, 2.24) is 10.3 Å². The molecule has 3 rings (SSSR count). The molecular weight excluding hydrogens is 314 g/mol. The Labute approximate surface area is 142 Å². The third-order valence-electron chi connectivity index (χ3n) is 4.08. The average molecular weight is 338 g/mol. The van der Waals surface area contributed by atoms with Crippen molar-refractivity contribution in [2.24, 2.45) is 0 Å². The molecule has 0 bridgehead atoms. The Kier molecular flexibility index (Phi) is 4.41. The van der Waals surface area contributed by atoms with Gasteiger partial charge in [0.1, 0.15) is 16.6 Å². The molecule has 1 N–H and O–H groups in total. The van der Waals surface area contributed by atoms with E-state index in [-0.39, 0.29) is 12.1 Å². The zero-order valence-corrected chi connectivity index (χ0v) is 14.7. The minimum atomic E-state index is -0.476. The Bertz CT molecular complexity index is 596. The van der Waals surface area contributed by atoms with Gasteiger partial charge in [0.25, 0.3) is 0 Å². The number of hydrogen-bond acceptors (Lipinski definition) is 4. The molecule has 0 spiro atoms. The molecule has 2 fully saturated rings. The Hall–Kier alpha value is -1.49. The highest BCUT2D eigenvalue weighted by molar-refractivity contribution is 6.29. The molecule has 1 aromatic rings. The van der Waals surface area contributed by atoms with Crippen molar-refractivity contribution in [2.75, 3.05) is 18.0 Å². The van der Waals surface area contributed by atoms with Crippen LogP contribution in [0.5, 0.6) is 0 Å². The van der Waals surface area contributed by atoms with Crippen molar-refractivity contribution in [3.05, 3.63) is 22.8 Å². The van der Waals surface area contributed by atoms with Crippen LogP contribution in [0.3, 0.4) is 0 Å². The van der Waals surface area contributed by atoms with E-state index in [2.05, 4.69) is 21.3 Å². The highest BCUT2D eigenvalue weighted by atomic mass is 35.5. The molecule has 5 nitrogen and oxygen atoms in total. The molecular formula is C17H24ClN3O2. The first-order chi connectivity index (χ1) is 10.8. The van der Waals surface area contributed by atoms with Crippen LogP contribution in [0.1, 0.15) is 51.5 Å². The first-order valence-electron chi connectivity index (χ1n) is 8.22. The van der Waals surface area contributed by atoms with Crippen LogP contribution in [0, 0.1) is 0 Å². The predicted octanol–water partition coefficient (Wildman–Crippen LogP) is 3.72. The highest BCUT2D eigenvalue weighted by Crippen LogP contribution is 2.41. The zero-order valence-electron chi connectivity index (χ0n) is 13.9. The largest absolute Gasteiger partial charge is 0.444 e. The molecule has 1 atom stereocenters. The summed E-state index contributed by atoms with van der Waals surface area (Å²) in [5.41, 5.74) is 0.805. The lowest BCUT2D eigenvalue weighted by molar-refractivity contribution is 0.0509. The molecule has 1 aliphatic carbocycles. The van der Waals surface area contributed by atoms with Gasteiger partial charge in [0.05, 0.1) is 6.04 Å². The SMILES string of the molecule is CC(C)(C)OC(=O)NC1CCN(c2cc(C3CC3)cc(Cl)n2)C1. The number of rotatable bonds is 3. The summed E-state index contributed by atoms with van der Waals surface area (Å²) >= 11 is 6.17. The van der Waals surface area contributed by atoms with E-state index in [1.165, 1.54) is 18.4 Å². The predicted molar refractivity (Wildman–Crippen MR) is 91.2 cm³/mol. The van der Waals surface area contributed by atoms with Gasteiger partial charge >= 0.3 is 6.09 Å². The van der Waals surface area contributed by atoms with Gasteiger partial charge in [-0.2, -0.15) is 0 Å². The number of pyridine rings is 1. The van der Waals surface area contributed by atoms with Crippen molar-refractivity contribution < 1.29 is 9.53 Å². The Balaban J connectivity index is 1.60. The molecule has 23 heavy (non-hydrogen) atoms. The first kappa shape index (κ1) is 16.4. The van der Waals surface area contributed by atoms with E-state index < -0.39 is 5.60 Å². The third kappa shape index (κ3) is 4.50. The summed E-state index contributed by atoms with van der Waals surface area (Å²) in [5.74, 6) is 1.56. The lowest BCUT2D eigenvalue weighted by Gasteiger charge is -2.22. The molecule has 1 unspecified atom stereocenters. The molecule has 126 valence electrons. The molecule has 6 heteroatoms. The summed E-state index contributed by atoms with van der Waals surface area (Å²) in [7, 11) is 0. The fraction of sp³-hybridized carbons (Fsp3) is 0.647. The van der Waals surface area contributed by atoms with Gasteiger partial charge in [0.2, 0.25) is 0 Å². The number of carbonyl (C=O) groups is 1. The van der Waals surface area contributed by atoms with Crippen LogP contribution in [0.4, 0.5) is 10.6 Å². The molecule has 0 radical (unpaired) electrons. The molecule has 1 aromatic heterocycles. The van der Waals surface area contributed by atoms with Crippen molar-refractivity contribution in [1.29, 1.82) is 0 Å². The molecule has 2 aliphatic rings. The van der Waals surface area contributed by atoms with E-state index in [1.807, 2.05) is 26.8 Å². The van der Waals surface area contributed by atoms with Crippen LogP contribution in [0.25, 0.3) is 0 Å². The standard InChI is InChI=1S/C17H24ClN3O2/c1-17(2,3)23-16(22)19-13-6-7-21(10-13)15-9-12(11-4-5-11)8-14(18)20-15/h8-9,11,13H,4-7,10H2,1-3H3,(H,19,22). The van der Waals surface area contributed by atoms with Crippen LogP contribution in [-0.4, -0.2) is 35.8 Å². The lowest BCUT2D eigenvalue weighted by atomic mass is 10.2. The second-order valence-corrected chi connectivity index (χ2v) is 7.82. The van der Waals surface area contributed by atoms with E-state index >= 15 is 0 Å². The van der Waals surface area contributed by atoms with Crippen LogP contribution in [0.2, 0.25) is 5.15 Å². The summed E-state index contributed by atoms with van der Waals surface area (Å²) in [6, 6.07) is 4.18. The van der Waals surface area contributed by atoms with Crippen LogP contribution >= 0.6 is 11.6 Å². The summed E-state index contributed by atoms with van der Waals surface area (Å²) in [6.45, 7) is 7.18. The molecule has 1 aliphatic heterocycles. The Morgan fingerprint density at radius 1 is 1.35 bits per heavy atom. The van der Waals surface area contributed by atoms with Gasteiger partial charge in [-0.3, -0.25) is 0 Å². The van der Waals surface area contributed by atoms with E-state index in [0.29, 0.717) is 11.1 Å². The van der Waals surface area contributed by atoms with Gasteiger partial charge in [0, 0.05) is 13.1 Å². The quantitative estimate of drug-likeness (QED) is 0.854. The maximum absolute atomic E-state index is 11.9. The number of amides is 1. The number of halogens is 1. The van der Waals surface area contributed by atoms with Gasteiger partial charge in [0.15, 0.2) is 0 Å². The Morgan fingerprint density at radius 2 is 2.09 bits per heavy atom. The average Bonchev–Trinajstić information content (AvgIpc) is 3.17. The van der Waals surface area contributed by atoms with Crippen LogP contribution in [0.15, 0.2) is 12.1 Å². The van der Waals surface area contributed by atoms with Crippen molar-refractivity contribution in [3.63, 3.8) is 0 Å². The number of hydrogen-bond donors (Lipinski definition) is 1. The third-order valence-corrected chi connectivity index (χ3v) is 4.28. The number of alkyl carbamates (subject to hydrolysis) is 1. The second kappa shape index (κ2) is 6.19. The summed E-state index contributed by atoms with van der Waals surface area (Å²) in [6.07, 6.45) is 3.00. The summed E-state index contributed by atoms with van der Waals surface area (Å²) in [5, 5.41) is 3.48. The van der Waals surface area contributed by atoms with Gasteiger partial charge in [-0.15, -0.1) is 0 Å². The molecule has 1 saturated heterocycles. The summed E-state index contributed by atoms with van der Waals surface area (Å²) in [4.78, 5) is 18.5. The van der Waals surface area contributed by atoms with E-state index in [0.717, 1.165) is 25.3 Å². The number of ether oxygens (including phenoxy) is 1. The number of carbonyl (C=O) groups excluding carboxylic acids is 1. The smallest absolute Gasteiger partial charge is 0.407 e. The summed E-state index contributed by atoms with van der Waals surface area (Å²) < 4.78 is 5.31. The van der Waals surface area contributed by atoms with E-state index in [1.54, 1.807) is 0 Å². The van der Waals surface area contributed by atoms with E-state index in [4.69, 9.17) is 16.3 Å². The number of aromatic nitrogens is 1. The number of anilines is 1. The van der Waals surface area contributed by atoms with Gasteiger partial charge in [-0.1, -0.05) is 11.6 Å². The molecule has 1 amide bonds. The minimum absolute atomic E-state index is 0.0787. The fourth-order valence-electron chi connectivity index (χ4n) is 2.88. The van der Waals surface area contributed by atoms with Crippen molar-refractivity contribution >= 4 is 23.5 Å². The maximum atomic E-state index is 11.9. The Morgan fingerprint density at radius 3 is 2.74 bits per heavy atom. The molecule has 2 heterocycles. The van der Waals surface area contributed by atoms with Gasteiger partial charge in [-0.05, 0) is 63.6 Å². The topological polar surface area (TPSA) is 54.5 Å². The van der Waals surface area contributed by atoms with Crippen molar-refractivity contribution in [2.45, 2.75) is 57.6 Å².